The molecule has 98 valence electrons. The van der Waals surface area contributed by atoms with Gasteiger partial charge in [-0.2, -0.15) is 0 Å². The third-order valence-corrected chi connectivity index (χ3v) is 4.34. The predicted octanol–water partition coefficient (Wildman–Crippen LogP) is 2.58. The summed E-state index contributed by atoms with van der Waals surface area (Å²) < 4.78 is 0. The Morgan fingerprint density at radius 3 is 2.65 bits per heavy atom. The van der Waals surface area contributed by atoms with Gasteiger partial charge >= 0.3 is 0 Å². The lowest BCUT2D eigenvalue weighted by Crippen LogP contribution is -2.34. The monoisotopic (exact) mass is 255 g/mol. The van der Waals surface area contributed by atoms with Crippen molar-refractivity contribution in [3.8, 4) is 0 Å². The molecule has 0 radical (unpaired) electrons. The van der Waals surface area contributed by atoms with Crippen LogP contribution in [0, 0.1) is 13.8 Å². The fraction of sp³-hybridized carbons (Fsp3) is 0.769. The van der Waals surface area contributed by atoms with Crippen LogP contribution in [0.4, 0.5) is 0 Å². The van der Waals surface area contributed by atoms with Gasteiger partial charge in [-0.25, -0.2) is 4.98 Å². The molecule has 0 saturated heterocycles. The summed E-state index contributed by atoms with van der Waals surface area (Å²) in [6, 6.07) is 0.671. The highest BCUT2D eigenvalue weighted by molar-refractivity contribution is 7.11. The number of hydrogen-bond donors (Lipinski definition) is 1. The van der Waals surface area contributed by atoms with E-state index < -0.39 is 0 Å². The maximum atomic E-state index is 4.43. The maximum Gasteiger partial charge on any atom is 0.0900 e. The first-order valence-corrected chi connectivity index (χ1v) is 7.20. The van der Waals surface area contributed by atoms with Gasteiger partial charge in [0.15, 0.2) is 0 Å². The molecular formula is C13H25N3S. The second kappa shape index (κ2) is 7.09. The Balaban J connectivity index is 2.22. The quantitative estimate of drug-likeness (QED) is 0.759. The molecule has 0 aromatic carbocycles. The number of aromatic nitrogens is 1. The van der Waals surface area contributed by atoms with Crippen molar-refractivity contribution in [2.24, 2.45) is 0 Å². The molecule has 0 aliphatic heterocycles. The molecule has 3 nitrogen and oxygen atoms in total. The van der Waals surface area contributed by atoms with Gasteiger partial charge in [0.25, 0.3) is 0 Å². The zero-order chi connectivity index (χ0) is 12.8. The third-order valence-electron chi connectivity index (χ3n) is 3.27. The standard InChI is InChI=1S/C13H25N3S/c1-6-10(2)16(5)8-7-14-9-13-11(3)15-12(4)17-13/h10,14H,6-9H2,1-5H3. The van der Waals surface area contributed by atoms with Gasteiger partial charge in [0.05, 0.1) is 10.7 Å². The normalized spacial score (nSPS) is 13.3. The molecule has 1 aromatic heterocycles. The van der Waals surface area contributed by atoms with E-state index in [-0.39, 0.29) is 0 Å². The molecule has 4 heteroatoms. The van der Waals surface area contributed by atoms with Gasteiger partial charge < -0.3 is 10.2 Å². The number of rotatable bonds is 7. The fourth-order valence-corrected chi connectivity index (χ4v) is 2.63. The van der Waals surface area contributed by atoms with Crippen molar-refractivity contribution in [1.29, 1.82) is 0 Å². The highest BCUT2D eigenvalue weighted by Gasteiger charge is 2.06. The summed E-state index contributed by atoms with van der Waals surface area (Å²) in [6.45, 7) is 11.8. The average molecular weight is 255 g/mol. The van der Waals surface area contributed by atoms with E-state index in [9.17, 15) is 0 Å². The topological polar surface area (TPSA) is 28.2 Å². The molecule has 17 heavy (non-hydrogen) atoms. The van der Waals surface area contributed by atoms with Crippen LogP contribution >= 0.6 is 11.3 Å². The smallest absolute Gasteiger partial charge is 0.0900 e. The van der Waals surface area contributed by atoms with Gasteiger partial charge in [0, 0.05) is 30.6 Å². The Morgan fingerprint density at radius 1 is 1.41 bits per heavy atom. The minimum Gasteiger partial charge on any atom is -0.311 e. The number of nitrogens with zero attached hydrogens (tertiary/aromatic N) is 2. The second-order valence-electron chi connectivity index (χ2n) is 4.66. The molecule has 1 unspecified atom stereocenters. The summed E-state index contributed by atoms with van der Waals surface area (Å²) in [4.78, 5) is 8.20. The lowest BCUT2D eigenvalue weighted by Gasteiger charge is -2.23. The summed E-state index contributed by atoms with van der Waals surface area (Å²) in [5, 5.41) is 4.66. The molecule has 0 amide bonds. The number of thiazole rings is 1. The van der Waals surface area contributed by atoms with Crippen LogP contribution in [0.25, 0.3) is 0 Å². The van der Waals surface area contributed by atoms with Crippen LogP contribution < -0.4 is 5.32 Å². The van der Waals surface area contributed by atoms with Gasteiger partial charge in [-0.1, -0.05) is 6.92 Å². The van der Waals surface area contributed by atoms with Gasteiger partial charge in [-0.3, -0.25) is 0 Å². The minimum absolute atomic E-state index is 0.671. The van der Waals surface area contributed by atoms with E-state index in [0.717, 1.165) is 24.6 Å². The van der Waals surface area contributed by atoms with Crippen LogP contribution in [0.15, 0.2) is 0 Å². The molecule has 1 N–H and O–H groups in total. The van der Waals surface area contributed by atoms with Crippen molar-refractivity contribution in [2.75, 3.05) is 20.1 Å². The van der Waals surface area contributed by atoms with E-state index in [2.05, 4.69) is 49.9 Å². The number of aryl methyl sites for hydroxylation is 2. The molecule has 0 aliphatic carbocycles. The van der Waals surface area contributed by atoms with Crippen LogP contribution in [0.1, 0.15) is 35.8 Å². The zero-order valence-electron chi connectivity index (χ0n) is 11.7. The molecule has 0 saturated carbocycles. The van der Waals surface area contributed by atoms with Gasteiger partial charge in [0.2, 0.25) is 0 Å². The highest BCUT2D eigenvalue weighted by Crippen LogP contribution is 2.16. The Morgan fingerprint density at radius 2 is 2.12 bits per heavy atom. The first-order valence-electron chi connectivity index (χ1n) is 6.38. The van der Waals surface area contributed by atoms with Crippen molar-refractivity contribution in [2.45, 2.75) is 46.7 Å². The molecule has 0 bridgehead atoms. The maximum absolute atomic E-state index is 4.43. The Hall–Kier alpha value is -0.450. The van der Waals surface area contributed by atoms with Crippen LogP contribution in [0.2, 0.25) is 0 Å². The average Bonchev–Trinajstić information content (AvgIpc) is 2.62. The fourth-order valence-electron chi connectivity index (χ4n) is 1.73. The Kier molecular flexibility index (Phi) is 6.09. The molecule has 0 fully saturated rings. The lowest BCUT2D eigenvalue weighted by molar-refractivity contribution is 0.252. The number of likely N-dealkylation sites (N-methyl/N-ethyl adjacent to an activating group) is 1. The molecule has 1 aromatic rings. The van der Waals surface area contributed by atoms with Crippen molar-refractivity contribution in [3.63, 3.8) is 0 Å². The number of hydrogen-bond acceptors (Lipinski definition) is 4. The van der Waals surface area contributed by atoms with E-state index in [1.54, 1.807) is 11.3 Å². The first kappa shape index (κ1) is 14.6. The predicted molar refractivity (Wildman–Crippen MR) is 75.7 cm³/mol. The summed E-state index contributed by atoms with van der Waals surface area (Å²) in [5.41, 5.74) is 1.18. The van der Waals surface area contributed by atoms with Crippen LogP contribution in [0.5, 0.6) is 0 Å². The minimum atomic E-state index is 0.671. The molecule has 1 heterocycles. The van der Waals surface area contributed by atoms with E-state index in [0.29, 0.717) is 6.04 Å². The SMILES string of the molecule is CCC(C)N(C)CCNCc1sc(C)nc1C. The van der Waals surface area contributed by atoms with Crippen molar-refractivity contribution in [1.82, 2.24) is 15.2 Å². The molecule has 0 aliphatic rings. The molecule has 1 rings (SSSR count). The Bertz CT molecular complexity index is 335. The van der Waals surface area contributed by atoms with Crippen molar-refractivity contribution in [3.05, 3.63) is 15.6 Å². The van der Waals surface area contributed by atoms with Crippen LogP contribution in [-0.2, 0) is 6.54 Å². The molecule has 1 atom stereocenters. The third kappa shape index (κ3) is 4.74. The largest absolute Gasteiger partial charge is 0.311 e. The summed E-state index contributed by atoms with van der Waals surface area (Å²) in [5.74, 6) is 0. The van der Waals surface area contributed by atoms with Gasteiger partial charge in [0.1, 0.15) is 0 Å². The summed E-state index contributed by atoms with van der Waals surface area (Å²) in [7, 11) is 2.19. The van der Waals surface area contributed by atoms with Crippen molar-refractivity contribution >= 4 is 11.3 Å². The molecule has 0 spiro atoms. The highest BCUT2D eigenvalue weighted by atomic mass is 32.1. The van der Waals surface area contributed by atoms with Crippen LogP contribution in [0.3, 0.4) is 0 Å². The van der Waals surface area contributed by atoms with Crippen LogP contribution in [-0.4, -0.2) is 36.1 Å². The Labute approximate surface area is 109 Å². The lowest BCUT2D eigenvalue weighted by atomic mass is 10.2. The van der Waals surface area contributed by atoms with Gasteiger partial charge in [-0.15, -0.1) is 11.3 Å². The van der Waals surface area contributed by atoms with E-state index in [1.807, 2.05) is 0 Å². The zero-order valence-corrected chi connectivity index (χ0v) is 12.5. The number of nitrogens with one attached hydrogen (secondary N) is 1. The second-order valence-corrected chi connectivity index (χ2v) is 5.94. The summed E-state index contributed by atoms with van der Waals surface area (Å²) >= 11 is 1.80. The van der Waals surface area contributed by atoms with E-state index in [1.165, 1.54) is 17.0 Å². The van der Waals surface area contributed by atoms with Gasteiger partial charge in [-0.05, 0) is 34.2 Å². The first-order chi connectivity index (χ1) is 8.04. The molecular weight excluding hydrogens is 230 g/mol. The van der Waals surface area contributed by atoms with Crippen molar-refractivity contribution < 1.29 is 0 Å². The summed E-state index contributed by atoms with van der Waals surface area (Å²) in [6.07, 6.45) is 1.21. The van der Waals surface area contributed by atoms with E-state index in [4.69, 9.17) is 0 Å². The van der Waals surface area contributed by atoms with E-state index >= 15 is 0 Å².